The highest BCUT2D eigenvalue weighted by Crippen LogP contribution is 2.20. The fourth-order valence-electron chi connectivity index (χ4n) is 5.95. The lowest BCUT2D eigenvalue weighted by Crippen LogP contribution is -3.00. The second kappa shape index (κ2) is 21.6. The number of carbonyl (C=O) groups is 2. The van der Waals surface area contributed by atoms with Crippen molar-refractivity contribution in [1.82, 2.24) is 4.90 Å². The molecule has 0 saturated heterocycles. The molecular formula is C38H56BrN3O5S2. The number of aryl methyl sites for hydroxylation is 5. The topological polar surface area (TPSA) is 104 Å². The van der Waals surface area contributed by atoms with Crippen molar-refractivity contribution in [2.24, 2.45) is 0 Å². The largest absolute Gasteiger partial charge is 1.00 e. The molecule has 3 aromatic carbocycles. The first-order valence-electron chi connectivity index (χ1n) is 16.7. The first-order valence-corrected chi connectivity index (χ1v) is 19.3. The Morgan fingerprint density at radius 2 is 1.33 bits per heavy atom. The van der Waals surface area contributed by atoms with Crippen LogP contribution in [0.5, 0.6) is 0 Å². The van der Waals surface area contributed by atoms with Gasteiger partial charge < -0.3 is 26.8 Å². The standard InChI is InChI=1S/C31H47N3O2S.C7H8O3S.BrH/c1-8-16-34(17-9-2,22-28(35)20-29-24(3)12-10-13-25(29)4)18-19-37-23-33(7)21-30(36)32-31-26(5)14-11-15-27(31)6;1-6-2-4-7(5-3-6)11(8,9)10;/h10-15H,8-9,16-23H2,1-7H3;2-5H,1H3,(H,8,9,10);1H. The Morgan fingerprint density at radius 1 is 0.816 bits per heavy atom. The summed E-state index contributed by atoms with van der Waals surface area (Å²) in [6.07, 6.45) is 2.66. The maximum atomic E-state index is 13.3. The lowest BCUT2D eigenvalue weighted by molar-refractivity contribution is -0.918. The van der Waals surface area contributed by atoms with Crippen molar-refractivity contribution in [3.05, 3.63) is 94.0 Å². The third-order valence-corrected chi connectivity index (χ3v) is 10.4. The van der Waals surface area contributed by atoms with Crippen molar-refractivity contribution in [3.63, 3.8) is 0 Å². The van der Waals surface area contributed by atoms with Gasteiger partial charge in [-0.2, -0.15) is 8.42 Å². The lowest BCUT2D eigenvalue weighted by Gasteiger charge is -2.38. The number of hydrogen-bond acceptors (Lipinski definition) is 6. The molecule has 0 saturated carbocycles. The number of likely N-dealkylation sites (N-methyl/N-ethyl adjacent to an activating group) is 1. The van der Waals surface area contributed by atoms with E-state index in [4.69, 9.17) is 4.55 Å². The summed E-state index contributed by atoms with van der Waals surface area (Å²) in [4.78, 5) is 27.9. The van der Waals surface area contributed by atoms with E-state index in [1.54, 1.807) is 12.1 Å². The molecule has 0 bridgehead atoms. The molecule has 8 nitrogen and oxygen atoms in total. The van der Waals surface area contributed by atoms with E-state index in [0.717, 1.165) is 71.0 Å². The number of Topliss-reactive ketones (excluding diaryl/α,β-unsaturated/α-hetero) is 1. The van der Waals surface area contributed by atoms with E-state index in [0.29, 0.717) is 25.3 Å². The van der Waals surface area contributed by atoms with E-state index in [2.05, 4.69) is 56.1 Å². The van der Waals surface area contributed by atoms with Gasteiger partial charge in [0, 0.05) is 23.7 Å². The van der Waals surface area contributed by atoms with Crippen molar-refractivity contribution in [2.45, 2.75) is 72.6 Å². The first kappa shape index (κ1) is 44.5. The Balaban J connectivity index is 0.000000847. The first-order chi connectivity index (χ1) is 22.6. The number of quaternary nitrogens is 1. The van der Waals surface area contributed by atoms with Crippen LogP contribution in [0.2, 0.25) is 0 Å². The Kier molecular flexibility index (Phi) is 19.6. The van der Waals surface area contributed by atoms with Crippen molar-refractivity contribution in [2.75, 3.05) is 56.7 Å². The fourth-order valence-corrected chi connectivity index (χ4v) is 7.47. The summed E-state index contributed by atoms with van der Waals surface area (Å²) in [6, 6.07) is 18.3. The molecule has 49 heavy (non-hydrogen) atoms. The van der Waals surface area contributed by atoms with Crippen molar-refractivity contribution in [3.8, 4) is 0 Å². The second-order valence-corrected chi connectivity index (χ2v) is 15.4. The number of benzene rings is 3. The van der Waals surface area contributed by atoms with Gasteiger partial charge in [0.05, 0.1) is 31.1 Å². The maximum absolute atomic E-state index is 13.3. The van der Waals surface area contributed by atoms with Crippen molar-refractivity contribution < 1.29 is 44.0 Å². The minimum absolute atomic E-state index is 0. The van der Waals surface area contributed by atoms with E-state index in [9.17, 15) is 18.0 Å². The number of hydrogen-bond donors (Lipinski definition) is 2. The molecule has 0 aliphatic heterocycles. The number of para-hydroxylation sites is 1. The molecule has 0 fully saturated rings. The summed E-state index contributed by atoms with van der Waals surface area (Å²) < 4.78 is 30.4. The third kappa shape index (κ3) is 15.5. The van der Waals surface area contributed by atoms with Gasteiger partial charge in [-0.05, 0) is 94.5 Å². The molecule has 0 aliphatic rings. The molecule has 0 unspecified atom stereocenters. The van der Waals surface area contributed by atoms with Crippen LogP contribution in [0.25, 0.3) is 0 Å². The Morgan fingerprint density at radius 3 is 1.82 bits per heavy atom. The van der Waals surface area contributed by atoms with Crippen LogP contribution in [0.3, 0.4) is 0 Å². The van der Waals surface area contributed by atoms with E-state index < -0.39 is 10.1 Å². The SMILES string of the molecule is CCC[N+](CCC)(CCSCN(C)CC(=O)Nc1c(C)cccc1C)CC(=O)Cc1c(C)cccc1C.Cc1ccc(S(=O)(=O)O)cc1.[Br-]. The average molecular weight is 779 g/mol. The predicted molar refractivity (Wildman–Crippen MR) is 200 cm³/mol. The minimum Gasteiger partial charge on any atom is -1.00 e. The van der Waals surface area contributed by atoms with Crippen LogP contribution in [0, 0.1) is 34.6 Å². The number of anilines is 1. The molecule has 0 aliphatic carbocycles. The summed E-state index contributed by atoms with van der Waals surface area (Å²) in [7, 11) is -2.03. The maximum Gasteiger partial charge on any atom is 0.294 e. The van der Waals surface area contributed by atoms with Crippen LogP contribution in [-0.4, -0.2) is 85.4 Å². The number of rotatable bonds is 17. The van der Waals surface area contributed by atoms with Gasteiger partial charge in [0.25, 0.3) is 10.1 Å². The predicted octanol–water partition coefficient (Wildman–Crippen LogP) is 4.18. The molecule has 0 spiro atoms. The van der Waals surface area contributed by atoms with Gasteiger partial charge in [0.15, 0.2) is 5.78 Å². The molecular weight excluding hydrogens is 722 g/mol. The van der Waals surface area contributed by atoms with Crippen LogP contribution < -0.4 is 22.3 Å². The zero-order valence-electron chi connectivity index (χ0n) is 30.5. The van der Waals surface area contributed by atoms with Gasteiger partial charge in [-0.1, -0.05) is 67.9 Å². The summed E-state index contributed by atoms with van der Waals surface area (Å²) in [5.74, 6) is 2.11. The van der Waals surface area contributed by atoms with Crippen LogP contribution in [0.1, 0.15) is 60.1 Å². The molecule has 0 radical (unpaired) electrons. The molecule has 1 amide bonds. The number of ketones is 1. The molecule has 272 valence electrons. The van der Waals surface area contributed by atoms with Gasteiger partial charge in [-0.25, -0.2) is 0 Å². The van der Waals surface area contributed by atoms with E-state index in [-0.39, 0.29) is 27.8 Å². The normalized spacial score (nSPS) is 11.4. The summed E-state index contributed by atoms with van der Waals surface area (Å²) >= 11 is 1.85. The Hall–Kier alpha value is -2.54. The molecule has 11 heteroatoms. The number of halogens is 1. The average Bonchev–Trinajstić information content (AvgIpc) is 3.00. The Bertz CT molecular complexity index is 1550. The number of carbonyl (C=O) groups excluding carboxylic acids is 2. The van der Waals surface area contributed by atoms with Gasteiger partial charge >= 0.3 is 0 Å². The summed E-state index contributed by atoms with van der Waals surface area (Å²) in [5.41, 5.74) is 7.64. The highest BCUT2D eigenvalue weighted by molar-refractivity contribution is 7.99. The zero-order valence-corrected chi connectivity index (χ0v) is 33.7. The summed E-state index contributed by atoms with van der Waals surface area (Å²) in [5, 5.41) is 3.08. The van der Waals surface area contributed by atoms with E-state index in [1.165, 1.54) is 28.8 Å². The molecule has 0 heterocycles. The van der Waals surface area contributed by atoms with Crippen molar-refractivity contribution in [1.29, 1.82) is 0 Å². The quantitative estimate of drug-likeness (QED) is 0.0919. The third-order valence-electron chi connectivity index (χ3n) is 8.43. The van der Waals surface area contributed by atoms with Crippen molar-refractivity contribution >= 4 is 39.3 Å². The fraction of sp³-hybridized carbons (Fsp3) is 0.474. The van der Waals surface area contributed by atoms with E-state index in [1.807, 2.05) is 57.8 Å². The monoisotopic (exact) mass is 777 g/mol. The smallest absolute Gasteiger partial charge is 0.294 e. The Labute approximate surface area is 310 Å². The molecule has 0 atom stereocenters. The van der Waals surface area contributed by atoms with Gasteiger partial charge in [-0.15, -0.1) is 11.8 Å². The molecule has 0 aromatic heterocycles. The number of nitrogens with one attached hydrogen (secondary N) is 1. The van der Waals surface area contributed by atoms with Gasteiger partial charge in [0.1, 0.15) is 6.54 Å². The minimum atomic E-state index is -4.02. The highest BCUT2D eigenvalue weighted by atomic mass is 79.9. The van der Waals surface area contributed by atoms with Gasteiger partial charge in [0.2, 0.25) is 5.91 Å². The van der Waals surface area contributed by atoms with E-state index >= 15 is 0 Å². The summed E-state index contributed by atoms with van der Waals surface area (Å²) in [6.45, 7) is 18.5. The highest BCUT2D eigenvalue weighted by Gasteiger charge is 2.29. The zero-order chi connectivity index (χ0) is 35.9. The molecule has 2 N–H and O–H groups in total. The second-order valence-electron chi connectivity index (χ2n) is 12.9. The van der Waals surface area contributed by atoms with Crippen LogP contribution >= 0.6 is 11.8 Å². The van der Waals surface area contributed by atoms with Crippen LogP contribution in [0.4, 0.5) is 5.69 Å². The van der Waals surface area contributed by atoms with Crippen LogP contribution in [-0.2, 0) is 26.1 Å². The lowest BCUT2D eigenvalue weighted by atomic mass is 9.97. The molecule has 3 aromatic rings. The molecule has 3 rings (SSSR count). The number of amides is 1. The van der Waals surface area contributed by atoms with Crippen LogP contribution in [0.15, 0.2) is 65.6 Å². The number of nitrogens with zero attached hydrogens (tertiary/aromatic N) is 2. The van der Waals surface area contributed by atoms with Gasteiger partial charge in [-0.3, -0.25) is 19.0 Å². The number of thioether (sulfide) groups is 1.